The molecule has 1 aromatic rings. The number of aliphatic carboxylic acids is 1. The van der Waals surface area contributed by atoms with Gasteiger partial charge in [0.05, 0.1) is 0 Å². The van der Waals surface area contributed by atoms with Crippen molar-refractivity contribution in [3.05, 3.63) is 35.9 Å². The van der Waals surface area contributed by atoms with Gasteiger partial charge in [0.1, 0.15) is 12.2 Å². The highest BCUT2D eigenvalue weighted by molar-refractivity contribution is 7.99. The van der Waals surface area contributed by atoms with Crippen molar-refractivity contribution in [3.63, 3.8) is 0 Å². The fourth-order valence-electron chi connectivity index (χ4n) is 3.19. The highest BCUT2D eigenvalue weighted by Gasteiger charge is 2.40. The van der Waals surface area contributed by atoms with E-state index in [0.717, 1.165) is 12.8 Å². The third-order valence-corrected chi connectivity index (χ3v) is 7.44. The molecule has 2 N–H and O–H groups in total. The van der Waals surface area contributed by atoms with Crippen molar-refractivity contribution in [1.29, 1.82) is 0 Å². The molecule has 1 saturated heterocycles. The maximum atomic E-state index is 12.4. The zero-order valence-electron chi connectivity index (χ0n) is 14.9. The summed E-state index contributed by atoms with van der Waals surface area (Å²) in [5.41, 5.74) is 1.18. The number of carbonyl (C=O) groups excluding carboxylic acids is 1. The van der Waals surface area contributed by atoms with Crippen LogP contribution in [0.2, 0.25) is 0 Å². The monoisotopic (exact) mass is 399 g/mol. The molecular weight excluding hydrogens is 373 g/mol. The lowest BCUT2D eigenvalue weighted by Gasteiger charge is -2.22. The van der Waals surface area contributed by atoms with Gasteiger partial charge in [-0.3, -0.25) is 9.36 Å². The fraction of sp³-hybridized carbons (Fsp3) is 0.556. The lowest BCUT2D eigenvalue weighted by molar-refractivity contribution is -0.147. The number of aryl methyl sites for hydroxylation is 1. The number of carbonyl (C=O) groups is 2. The summed E-state index contributed by atoms with van der Waals surface area (Å²) in [6.07, 6.45) is 4.05. The van der Waals surface area contributed by atoms with E-state index in [1.54, 1.807) is 0 Å². The molecule has 1 heterocycles. The van der Waals surface area contributed by atoms with Gasteiger partial charge in [0, 0.05) is 18.0 Å². The lowest BCUT2D eigenvalue weighted by Crippen LogP contribution is -2.42. The predicted octanol–water partition coefficient (Wildman–Crippen LogP) is 2.70. The van der Waals surface area contributed by atoms with Crippen LogP contribution in [0.1, 0.15) is 24.8 Å². The zero-order chi connectivity index (χ0) is 19.2. The summed E-state index contributed by atoms with van der Waals surface area (Å²) in [5.74, 6) is -1.58. The van der Waals surface area contributed by atoms with Crippen molar-refractivity contribution >= 4 is 31.0 Å². The van der Waals surface area contributed by atoms with Crippen LogP contribution in [0.3, 0.4) is 0 Å². The molecular formula is C18H26NO5PS. The first-order valence-corrected chi connectivity index (χ1v) is 12.0. The summed E-state index contributed by atoms with van der Waals surface area (Å²) in [4.78, 5) is 35.2. The van der Waals surface area contributed by atoms with Gasteiger partial charge >= 0.3 is 5.97 Å². The molecule has 2 unspecified atom stereocenters. The Morgan fingerprint density at radius 3 is 2.58 bits per heavy atom. The number of nitrogens with zero attached hydrogens (tertiary/aromatic N) is 1. The molecule has 0 bridgehead atoms. The van der Waals surface area contributed by atoms with E-state index in [4.69, 9.17) is 0 Å². The number of unbranched alkanes of at least 4 members (excludes halogenated alkanes) is 1. The standard InChI is InChI=1S/C18H26NO5PS/c1-26-15-11-16(18(21)22)19(12-15)17(20)13-25(23,24)10-6-5-9-14-7-3-2-4-8-14/h2-4,7-8,15-16H,5-6,9-13H2,1H3,(H,21,22)(H,23,24)/t15?,16-/m0/s1. The minimum Gasteiger partial charge on any atom is -0.480 e. The molecule has 1 aromatic carbocycles. The number of thioether (sulfide) groups is 1. The molecule has 0 radical (unpaired) electrons. The number of hydrogen-bond acceptors (Lipinski definition) is 4. The van der Waals surface area contributed by atoms with Gasteiger partial charge in [-0.15, -0.1) is 0 Å². The first-order chi connectivity index (χ1) is 12.3. The maximum Gasteiger partial charge on any atom is 0.326 e. The molecule has 0 aromatic heterocycles. The molecule has 1 aliphatic rings. The summed E-state index contributed by atoms with van der Waals surface area (Å²) >= 11 is 1.52. The Hall–Kier alpha value is -1.30. The van der Waals surface area contributed by atoms with Crippen LogP contribution in [0.25, 0.3) is 0 Å². The van der Waals surface area contributed by atoms with E-state index < -0.39 is 31.4 Å². The third kappa shape index (κ3) is 6.15. The van der Waals surface area contributed by atoms with Crippen LogP contribution >= 0.6 is 19.1 Å². The Balaban J connectivity index is 1.82. The lowest BCUT2D eigenvalue weighted by atomic mass is 10.1. The van der Waals surface area contributed by atoms with Gasteiger partial charge in [-0.2, -0.15) is 11.8 Å². The number of hydrogen-bond donors (Lipinski definition) is 2. The van der Waals surface area contributed by atoms with Crippen molar-refractivity contribution in [2.24, 2.45) is 0 Å². The minimum absolute atomic E-state index is 0.0593. The number of amides is 1. The topological polar surface area (TPSA) is 94.9 Å². The first-order valence-electron chi connectivity index (χ1n) is 8.72. The molecule has 3 atom stereocenters. The van der Waals surface area contributed by atoms with Gasteiger partial charge in [-0.1, -0.05) is 30.3 Å². The molecule has 6 nitrogen and oxygen atoms in total. The number of benzene rings is 1. The average molecular weight is 399 g/mol. The number of carboxylic acids is 1. The molecule has 0 saturated carbocycles. The number of carboxylic acid groups (broad SMARTS) is 1. The molecule has 144 valence electrons. The van der Waals surface area contributed by atoms with Crippen LogP contribution in [0.15, 0.2) is 30.3 Å². The van der Waals surface area contributed by atoms with Crippen molar-refractivity contribution in [1.82, 2.24) is 4.90 Å². The van der Waals surface area contributed by atoms with Gasteiger partial charge in [0.15, 0.2) is 0 Å². The number of likely N-dealkylation sites (tertiary alicyclic amines) is 1. The first kappa shape index (κ1) is 21.0. The fourth-order valence-corrected chi connectivity index (χ4v) is 5.36. The van der Waals surface area contributed by atoms with Gasteiger partial charge in [0.25, 0.3) is 0 Å². The molecule has 8 heteroatoms. The van der Waals surface area contributed by atoms with Crippen molar-refractivity contribution in [2.45, 2.75) is 37.0 Å². The third-order valence-electron chi connectivity index (χ3n) is 4.65. The second-order valence-electron chi connectivity index (χ2n) is 6.66. The van der Waals surface area contributed by atoms with Crippen LogP contribution in [0.5, 0.6) is 0 Å². The van der Waals surface area contributed by atoms with E-state index >= 15 is 0 Å². The Bertz CT molecular complexity index is 669. The molecule has 1 aliphatic heterocycles. The smallest absolute Gasteiger partial charge is 0.326 e. The van der Waals surface area contributed by atoms with Gasteiger partial charge in [-0.05, 0) is 37.5 Å². The van der Waals surface area contributed by atoms with E-state index in [1.807, 2.05) is 36.6 Å². The van der Waals surface area contributed by atoms with E-state index in [1.165, 1.54) is 22.2 Å². The number of rotatable bonds is 9. The summed E-state index contributed by atoms with van der Waals surface area (Å²) in [5, 5.41) is 9.35. The second-order valence-corrected chi connectivity index (χ2v) is 10.3. The highest BCUT2D eigenvalue weighted by atomic mass is 32.2. The van der Waals surface area contributed by atoms with Crippen molar-refractivity contribution < 1.29 is 24.2 Å². The summed E-state index contributed by atoms with van der Waals surface area (Å²) in [7, 11) is -3.60. The zero-order valence-corrected chi connectivity index (χ0v) is 16.6. The van der Waals surface area contributed by atoms with Gasteiger partial charge < -0.3 is 14.9 Å². The van der Waals surface area contributed by atoms with E-state index in [-0.39, 0.29) is 11.4 Å². The minimum atomic E-state index is -3.60. The molecule has 1 fully saturated rings. The van der Waals surface area contributed by atoms with Crippen LogP contribution in [-0.2, 0) is 20.6 Å². The Labute approximate surface area is 158 Å². The predicted molar refractivity (Wildman–Crippen MR) is 104 cm³/mol. The van der Waals surface area contributed by atoms with Crippen LogP contribution < -0.4 is 0 Å². The van der Waals surface area contributed by atoms with Crippen LogP contribution in [0, 0.1) is 0 Å². The molecule has 1 amide bonds. The Morgan fingerprint density at radius 1 is 1.27 bits per heavy atom. The summed E-state index contributed by atoms with van der Waals surface area (Å²) in [6.45, 7) is 0.324. The Morgan fingerprint density at radius 2 is 1.96 bits per heavy atom. The Kier molecular flexibility index (Phi) is 7.74. The summed E-state index contributed by atoms with van der Waals surface area (Å²) < 4.78 is 12.4. The average Bonchev–Trinajstić information content (AvgIpc) is 3.04. The van der Waals surface area contributed by atoms with E-state index in [2.05, 4.69) is 0 Å². The van der Waals surface area contributed by atoms with Gasteiger partial charge in [0.2, 0.25) is 13.3 Å². The largest absolute Gasteiger partial charge is 0.480 e. The van der Waals surface area contributed by atoms with Gasteiger partial charge in [-0.25, -0.2) is 4.79 Å². The van der Waals surface area contributed by atoms with Crippen molar-refractivity contribution in [2.75, 3.05) is 25.1 Å². The molecule has 2 rings (SSSR count). The highest BCUT2D eigenvalue weighted by Crippen LogP contribution is 2.42. The SMILES string of the molecule is CSC1C[C@@H](C(=O)O)N(C(=O)CP(=O)(O)CCCCc2ccccc2)C1. The van der Waals surface area contributed by atoms with E-state index in [9.17, 15) is 24.2 Å². The molecule has 0 aliphatic carbocycles. The van der Waals surface area contributed by atoms with Crippen molar-refractivity contribution in [3.8, 4) is 0 Å². The van der Waals surface area contributed by atoms with Crippen LogP contribution in [0.4, 0.5) is 0 Å². The van der Waals surface area contributed by atoms with E-state index in [0.29, 0.717) is 19.4 Å². The molecule has 0 spiro atoms. The summed E-state index contributed by atoms with van der Waals surface area (Å²) in [6, 6.07) is 9.01. The second kappa shape index (κ2) is 9.58. The quantitative estimate of drug-likeness (QED) is 0.490. The molecule has 26 heavy (non-hydrogen) atoms. The van der Waals surface area contributed by atoms with Crippen LogP contribution in [-0.4, -0.2) is 63.2 Å². The normalized spacial score (nSPS) is 22.2. The maximum absolute atomic E-state index is 12.4.